The Kier molecular flexibility index (Phi) is 12.1. The Morgan fingerprint density at radius 2 is 1.44 bits per heavy atom. The van der Waals surface area contributed by atoms with Gasteiger partial charge < -0.3 is 48.4 Å². The third-order valence-corrected chi connectivity index (χ3v) is 8.21. The van der Waals surface area contributed by atoms with Crippen molar-refractivity contribution in [2.45, 2.75) is 62.2 Å². The smallest absolute Gasteiger partial charge is 0.240 e. The number of carbonyl (C=O) groups is 7. The van der Waals surface area contributed by atoms with E-state index in [1.165, 1.54) is 0 Å². The Bertz CT molecular complexity index is 1560. The molecule has 1 aromatic carbocycles. The van der Waals surface area contributed by atoms with Gasteiger partial charge in [0.25, 0.3) is 0 Å². The van der Waals surface area contributed by atoms with Crippen molar-refractivity contribution in [3.8, 4) is 0 Å². The molecule has 1 aromatic heterocycles. The number of primary amides is 1. The van der Waals surface area contributed by atoms with Crippen LogP contribution in [0.15, 0.2) is 40.7 Å². The van der Waals surface area contributed by atoms with Crippen LogP contribution in [0.3, 0.4) is 0 Å². The highest BCUT2D eigenvalue weighted by Gasteiger charge is 2.40. The maximum Gasteiger partial charge on any atom is 0.240 e. The molecule has 2 aliphatic heterocycles. The topological polar surface area (TPSA) is 284 Å². The minimum Gasteiger partial charge on any atom is -0.368 e. The number of aromatic nitrogens is 1. The fourth-order valence-corrected chi connectivity index (χ4v) is 5.41. The highest BCUT2D eigenvalue weighted by atomic mass is 16.2. The van der Waals surface area contributed by atoms with E-state index in [9.17, 15) is 33.6 Å². The summed E-state index contributed by atoms with van der Waals surface area (Å²) >= 11 is 0. The number of H-pyrrole nitrogens is 1. The number of hydrogen-bond acceptors (Lipinski definition) is 10. The van der Waals surface area contributed by atoms with Gasteiger partial charge in [-0.15, -0.1) is 0 Å². The molecule has 0 saturated heterocycles. The van der Waals surface area contributed by atoms with Crippen molar-refractivity contribution in [2.75, 3.05) is 32.7 Å². The van der Waals surface area contributed by atoms with Gasteiger partial charge in [-0.25, -0.2) is 0 Å². The first-order chi connectivity index (χ1) is 22.9. The Hall–Kier alpha value is -5.39. The second-order valence-corrected chi connectivity index (χ2v) is 11.9. The number of nitrogens with zero attached hydrogens (tertiary/aromatic N) is 2. The van der Waals surface area contributed by atoms with Crippen LogP contribution in [-0.4, -0.2) is 103 Å². The van der Waals surface area contributed by atoms with Crippen molar-refractivity contribution >= 4 is 52.3 Å². The number of azo groups is 1. The summed E-state index contributed by atoms with van der Waals surface area (Å²) in [5.74, 6) is -4.83. The summed E-state index contributed by atoms with van der Waals surface area (Å²) in [6.07, 6.45) is 5.09. The van der Waals surface area contributed by atoms with Gasteiger partial charge in [0.05, 0.1) is 50.2 Å². The zero-order chi connectivity index (χ0) is 34.7. The summed E-state index contributed by atoms with van der Waals surface area (Å²) in [6, 6.07) is 5.62. The number of para-hydroxylation sites is 1. The predicted octanol–water partition coefficient (Wildman–Crippen LogP) is -2.87. The van der Waals surface area contributed by atoms with Crippen molar-refractivity contribution < 1.29 is 33.6 Å². The van der Waals surface area contributed by atoms with Crippen molar-refractivity contribution in [2.24, 2.45) is 21.7 Å². The van der Waals surface area contributed by atoms with E-state index >= 15 is 0 Å². The van der Waals surface area contributed by atoms with Gasteiger partial charge in [0.15, 0.2) is 0 Å². The number of hydrogen-bond donors (Lipinski definition) is 9. The molecule has 2 bridgehead atoms. The molecular formula is C30H41N11O7. The van der Waals surface area contributed by atoms with E-state index in [4.69, 9.17) is 11.5 Å². The lowest BCUT2D eigenvalue weighted by molar-refractivity contribution is -0.131. The van der Waals surface area contributed by atoms with Crippen LogP contribution in [0.4, 0.5) is 0 Å². The highest BCUT2D eigenvalue weighted by Crippen LogP contribution is 2.38. The van der Waals surface area contributed by atoms with Crippen LogP contribution < -0.4 is 43.4 Å². The van der Waals surface area contributed by atoms with E-state index in [1.807, 2.05) is 24.3 Å². The van der Waals surface area contributed by atoms with E-state index in [2.05, 4.69) is 47.1 Å². The summed E-state index contributed by atoms with van der Waals surface area (Å²) in [6.45, 7) is -1.68. The fourth-order valence-electron chi connectivity index (χ4n) is 5.41. The summed E-state index contributed by atoms with van der Waals surface area (Å²) in [5, 5.41) is 23.8. The van der Waals surface area contributed by atoms with Crippen LogP contribution >= 0.6 is 0 Å². The van der Waals surface area contributed by atoms with Gasteiger partial charge in [-0.1, -0.05) is 18.2 Å². The molecule has 3 heterocycles. The Morgan fingerprint density at radius 3 is 2.04 bits per heavy atom. The zero-order valence-corrected chi connectivity index (χ0v) is 26.3. The molecule has 0 spiro atoms. The monoisotopic (exact) mass is 667 g/mol. The van der Waals surface area contributed by atoms with Gasteiger partial charge >= 0.3 is 0 Å². The quantitative estimate of drug-likeness (QED) is 0.0843. The molecule has 11 N–H and O–H groups in total. The summed E-state index contributed by atoms with van der Waals surface area (Å²) < 4.78 is 0. The predicted molar refractivity (Wildman–Crippen MR) is 171 cm³/mol. The number of nitrogens with two attached hydrogens (primary N) is 2. The van der Waals surface area contributed by atoms with Crippen LogP contribution in [0.2, 0.25) is 0 Å². The van der Waals surface area contributed by atoms with Crippen molar-refractivity contribution in [1.82, 2.24) is 36.9 Å². The van der Waals surface area contributed by atoms with Crippen molar-refractivity contribution in [3.63, 3.8) is 0 Å². The first-order valence-electron chi connectivity index (χ1n) is 15.6. The standard InChI is InChI=1S/C30H41N11O7/c31-20(9-17-11-33-21-4-2-1-3-19(17)21)29(48)37-14-26(45)35-12-24(43)34-13-25(44)36-15-27(46)39-22(28(32)47)10-23(42)38-16-30-7-5-18(6-8-30)40-41-30/h1-4,11,18,20,22,33H,5-10,12-16,31H2,(H2,32,47)(H,34,43)(H,35,45)(H,36,44)(H,37,48)(H,38,42)(H,39,46)/t18?,20-,22-,30?/m0/s1. The first kappa shape index (κ1) is 35.5. The average molecular weight is 668 g/mol. The van der Waals surface area contributed by atoms with Gasteiger partial charge in [0.2, 0.25) is 41.4 Å². The van der Waals surface area contributed by atoms with E-state index in [0.717, 1.165) is 42.1 Å². The minimum atomic E-state index is -1.31. The molecule has 2 aromatic rings. The maximum absolute atomic E-state index is 12.4. The second-order valence-electron chi connectivity index (χ2n) is 11.9. The second kappa shape index (κ2) is 16.4. The number of carbonyl (C=O) groups excluding carboxylic acids is 7. The minimum absolute atomic E-state index is 0.252. The molecule has 1 fully saturated rings. The third-order valence-electron chi connectivity index (χ3n) is 8.21. The first-order valence-corrected chi connectivity index (χ1v) is 15.6. The van der Waals surface area contributed by atoms with Crippen molar-refractivity contribution in [1.29, 1.82) is 0 Å². The molecule has 48 heavy (non-hydrogen) atoms. The molecule has 0 radical (unpaired) electrons. The number of nitrogens with one attached hydrogen (secondary N) is 7. The number of rotatable bonds is 17. The van der Waals surface area contributed by atoms with Crippen LogP contribution in [0.1, 0.15) is 37.7 Å². The van der Waals surface area contributed by atoms with Crippen molar-refractivity contribution in [3.05, 3.63) is 36.0 Å². The maximum atomic E-state index is 12.4. The van der Waals surface area contributed by atoms with Crippen LogP contribution in [-0.2, 0) is 40.0 Å². The molecule has 1 saturated carbocycles. The highest BCUT2D eigenvalue weighted by molar-refractivity contribution is 5.94. The van der Waals surface area contributed by atoms with Gasteiger partial charge in [-0.2, -0.15) is 10.2 Å². The lowest BCUT2D eigenvalue weighted by Gasteiger charge is -2.39. The lowest BCUT2D eigenvalue weighted by Crippen LogP contribution is -2.52. The Morgan fingerprint density at radius 1 is 0.833 bits per heavy atom. The summed E-state index contributed by atoms with van der Waals surface area (Å²) in [4.78, 5) is 88.2. The number of amides is 7. The van der Waals surface area contributed by atoms with Crippen LogP contribution in [0.25, 0.3) is 10.9 Å². The number of fused-ring (bicyclic) bond motifs is 3. The Labute approximate surface area is 275 Å². The van der Waals surface area contributed by atoms with E-state index in [1.54, 1.807) is 6.20 Å². The molecule has 18 heteroatoms. The van der Waals surface area contributed by atoms with Gasteiger partial charge in [0, 0.05) is 23.6 Å². The molecule has 18 nitrogen and oxygen atoms in total. The van der Waals surface area contributed by atoms with Crippen LogP contribution in [0.5, 0.6) is 0 Å². The van der Waals surface area contributed by atoms with E-state index in [-0.39, 0.29) is 19.0 Å². The summed E-state index contributed by atoms with van der Waals surface area (Å²) in [5.41, 5.74) is 12.7. The van der Waals surface area contributed by atoms with Gasteiger partial charge in [-0.3, -0.25) is 33.6 Å². The zero-order valence-electron chi connectivity index (χ0n) is 26.3. The SMILES string of the molecule is NC(=O)[C@H](CC(=O)NCC12CCC(CC1)N=N2)NC(=O)CNC(=O)CNC(=O)CNC(=O)CNC(=O)[C@@H](N)Cc1c[nH]c2ccccc12. The van der Waals surface area contributed by atoms with Gasteiger partial charge in [0.1, 0.15) is 6.04 Å². The number of aromatic amines is 1. The Balaban J connectivity index is 1.06. The van der Waals surface area contributed by atoms with Gasteiger partial charge in [-0.05, 0) is 43.7 Å². The average Bonchev–Trinajstić information content (AvgIpc) is 3.49. The molecule has 258 valence electrons. The van der Waals surface area contributed by atoms with E-state index in [0.29, 0.717) is 0 Å². The molecule has 0 unspecified atom stereocenters. The van der Waals surface area contributed by atoms with E-state index < -0.39 is 91.6 Å². The molecule has 2 atom stereocenters. The fraction of sp³-hybridized carbons (Fsp3) is 0.500. The molecular weight excluding hydrogens is 626 g/mol. The lowest BCUT2D eigenvalue weighted by atomic mass is 9.78. The molecule has 5 rings (SSSR count). The molecule has 7 amide bonds. The molecule has 3 aliphatic rings. The summed E-state index contributed by atoms with van der Waals surface area (Å²) in [7, 11) is 0. The van der Waals surface area contributed by atoms with Crippen LogP contribution in [0, 0.1) is 0 Å². The normalized spacial score (nSPS) is 19.1. The third kappa shape index (κ3) is 10.3. The molecule has 1 aliphatic carbocycles. The largest absolute Gasteiger partial charge is 0.368 e. The number of benzene rings is 1.